The summed E-state index contributed by atoms with van der Waals surface area (Å²) in [6.07, 6.45) is 4.88. The lowest BCUT2D eigenvalue weighted by molar-refractivity contribution is -0.142. The highest BCUT2D eigenvalue weighted by Gasteiger charge is 2.51. The molecule has 0 aromatic carbocycles. The van der Waals surface area contributed by atoms with Crippen molar-refractivity contribution in [3.63, 3.8) is 0 Å². The highest BCUT2D eigenvalue weighted by atomic mass is 16.5. The molecule has 0 aromatic heterocycles. The molecule has 2 amide bonds. The Balaban J connectivity index is 1.73. The zero-order valence-electron chi connectivity index (χ0n) is 11.6. The summed E-state index contributed by atoms with van der Waals surface area (Å²) >= 11 is 0. The second kappa shape index (κ2) is 6.74. The van der Waals surface area contributed by atoms with E-state index >= 15 is 0 Å². The second-order valence-corrected chi connectivity index (χ2v) is 5.31. The largest absolute Gasteiger partial charge is 0.481 e. The van der Waals surface area contributed by atoms with Crippen molar-refractivity contribution in [1.29, 1.82) is 0 Å². The Morgan fingerprint density at radius 3 is 2.85 bits per heavy atom. The van der Waals surface area contributed by atoms with Crippen LogP contribution in [0.1, 0.15) is 25.7 Å². The molecule has 0 spiro atoms. The van der Waals surface area contributed by atoms with Crippen LogP contribution < -0.4 is 5.32 Å². The summed E-state index contributed by atoms with van der Waals surface area (Å²) < 4.78 is 5.32. The van der Waals surface area contributed by atoms with Gasteiger partial charge in [-0.1, -0.05) is 6.08 Å². The fourth-order valence-corrected chi connectivity index (χ4v) is 3.16. The van der Waals surface area contributed by atoms with Gasteiger partial charge in [0, 0.05) is 18.6 Å². The van der Waals surface area contributed by atoms with Gasteiger partial charge in [0.2, 0.25) is 0 Å². The van der Waals surface area contributed by atoms with Crippen LogP contribution in [0.25, 0.3) is 0 Å². The molecule has 0 aromatic rings. The molecule has 3 unspecified atom stereocenters. The minimum Gasteiger partial charge on any atom is -0.481 e. The van der Waals surface area contributed by atoms with Gasteiger partial charge in [-0.15, -0.1) is 6.58 Å². The van der Waals surface area contributed by atoms with Crippen LogP contribution in [0.4, 0.5) is 4.79 Å². The number of amides is 2. The van der Waals surface area contributed by atoms with E-state index < -0.39 is 11.9 Å². The molecule has 6 heteroatoms. The summed E-state index contributed by atoms with van der Waals surface area (Å²) in [4.78, 5) is 25.0. The Bertz CT molecular complexity index is 385. The molecule has 0 radical (unpaired) electrons. The van der Waals surface area contributed by atoms with E-state index in [9.17, 15) is 9.59 Å². The number of carboxylic acids is 1. The standard InChI is InChI=1S/C14H22N2O4/c1-2-3-7-20-8-6-15-14(19)16-10-4-5-12(16)11(9-10)13(17)18/h2,10-12H,1,3-9H2,(H,15,19)(H,17,18). The Morgan fingerprint density at radius 1 is 1.40 bits per heavy atom. The molecule has 20 heavy (non-hydrogen) atoms. The lowest BCUT2D eigenvalue weighted by Crippen LogP contribution is -2.45. The van der Waals surface area contributed by atoms with Crippen molar-refractivity contribution in [1.82, 2.24) is 10.2 Å². The number of carbonyl (C=O) groups is 2. The number of fused-ring (bicyclic) bond motifs is 2. The number of nitrogens with zero attached hydrogens (tertiary/aromatic N) is 1. The van der Waals surface area contributed by atoms with Gasteiger partial charge in [-0.2, -0.15) is 0 Å². The number of rotatable bonds is 7. The van der Waals surface area contributed by atoms with Crippen molar-refractivity contribution in [2.24, 2.45) is 5.92 Å². The average molecular weight is 282 g/mol. The molecule has 112 valence electrons. The van der Waals surface area contributed by atoms with Gasteiger partial charge in [0.1, 0.15) is 0 Å². The number of hydrogen-bond acceptors (Lipinski definition) is 3. The van der Waals surface area contributed by atoms with Crippen LogP contribution in [0.5, 0.6) is 0 Å². The normalized spacial score (nSPS) is 27.6. The highest BCUT2D eigenvalue weighted by Crippen LogP contribution is 2.41. The first-order valence-corrected chi connectivity index (χ1v) is 7.12. The molecule has 0 aliphatic carbocycles. The van der Waals surface area contributed by atoms with Gasteiger partial charge in [0.15, 0.2) is 0 Å². The summed E-state index contributed by atoms with van der Waals surface area (Å²) in [5.41, 5.74) is 0. The van der Waals surface area contributed by atoms with E-state index in [4.69, 9.17) is 9.84 Å². The molecule has 2 saturated heterocycles. The van der Waals surface area contributed by atoms with E-state index in [1.54, 1.807) is 11.0 Å². The average Bonchev–Trinajstić information content (AvgIpc) is 3.00. The van der Waals surface area contributed by atoms with Crippen molar-refractivity contribution in [2.45, 2.75) is 37.8 Å². The molecule has 2 fully saturated rings. The molecule has 2 aliphatic rings. The lowest BCUT2D eigenvalue weighted by Gasteiger charge is -2.23. The molecule has 0 saturated carbocycles. The lowest BCUT2D eigenvalue weighted by atomic mass is 9.89. The van der Waals surface area contributed by atoms with Crippen LogP contribution in [0.3, 0.4) is 0 Å². The quantitative estimate of drug-likeness (QED) is 0.543. The first-order valence-electron chi connectivity index (χ1n) is 7.12. The Hall–Kier alpha value is -1.56. The minimum atomic E-state index is -0.789. The third-order valence-corrected chi connectivity index (χ3v) is 4.08. The van der Waals surface area contributed by atoms with Crippen LogP contribution >= 0.6 is 0 Å². The molecule has 2 rings (SSSR count). The summed E-state index contributed by atoms with van der Waals surface area (Å²) in [6.45, 7) is 5.12. The number of nitrogens with one attached hydrogen (secondary N) is 1. The molecule has 3 atom stereocenters. The van der Waals surface area contributed by atoms with Gasteiger partial charge < -0.3 is 20.1 Å². The Kier molecular flexibility index (Phi) is 5.00. The highest BCUT2D eigenvalue weighted by molar-refractivity contribution is 5.79. The maximum atomic E-state index is 12.1. The van der Waals surface area contributed by atoms with E-state index in [-0.39, 0.29) is 18.1 Å². The Morgan fingerprint density at radius 2 is 2.20 bits per heavy atom. The zero-order valence-corrected chi connectivity index (χ0v) is 11.6. The first kappa shape index (κ1) is 14.8. The number of hydrogen-bond donors (Lipinski definition) is 2. The topological polar surface area (TPSA) is 78.9 Å². The number of carbonyl (C=O) groups excluding carboxylic acids is 1. The number of carboxylic acid groups (broad SMARTS) is 1. The van der Waals surface area contributed by atoms with Gasteiger partial charge in [0.05, 0.1) is 19.1 Å². The van der Waals surface area contributed by atoms with Crippen LogP contribution in [0, 0.1) is 5.92 Å². The van der Waals surface area contributed by atoms with Crippen molar-refractivity contribution in [3.8, 4) is 0 Å². The molecule has 2 N–H and O–H groups in total. The number of ether oxygens (including phenoxy) is 1. The fraction of sp³-hybridized carbons (Fsp3) is 0.714. The van der Waals surface area contributed by atoms with Crippen molar-refractivity contribution < 1.29 is 19.4 Å². The summed E-state index contributed by atoms with van der Waals surface area (Å²) in [5.74, 6) is -1.19. The number of urea groups is 1. The van der Waals surface area contributed by atoms with Crippen molar-refractivity contribution in [2.75, 3.05) is 19.8 Å². The van der Waals surface area contributed by atoms with E-state index in [1.807, 2.05) is 0 Å². The van der Waals surface area contributed by atoms with E-state index in [0.29, 0.717) is 26.2 Å². The fourth-order valence-electron chi connectivity index (χ4n) is 3.16. The molecular weight excluding hydrogens is 260 g/mol. The Labute approximate surface area is 118 Å². The van der Waals surface area contributed by atoms with Crippen molar-refractivity contribution in [3.05, 3.63) is 12.7 Å². The zero-order chi connectivity index (χ0) is 14.5. The molecule has 2 heterocycles. The molecular formula is C14H22N2O4. The summed E-state index contributed by atoms with van der Waals surface area (Å²) in [6, 6.07) is -0.212. The van der Waals surface area contributed by atoms with Crippen LogP contribution in [0.2, 0.25) is 0 Å². The van der Waals surface area contributed by atoms with Gasteiger partial charge in [-0.05, 0) is 25.7 Å². The van der Waals surface area contributed by atoms with Gasteiger partial charge >= 0.3 is 12.0 Å². The molecule has 2 bridgehead atoms. The summed E-state index contributed by atoms with van der Waals surface area (Å²) in [7, 11) is 0. The van der Waals surface area contributed by atoms with Crippen LogP contribution in [-0.2, 0) is 9.53 Å². The van der Waals surface area contributed by atoms with E-state index in [0.717, 1.165) is 19.3 Å². The third-order valence-electron chi connectivity index (χ3n) is 4.08. The molecule has 6 nitrogen and oxygen atoms in total. The van der Waals surface area contributed by atoms with Gasteiger partial charge in [-0.3, -0.25) is 4.79 Å². The predicted octanol–water partition coefficient (Wildman–Crippen LogP) is 1.23. The van der Waals surface area contributed by atoms with Crippen LogP contribution in [0.15, 0.2) is 12.7 Å². The number of aliphatic carboxylic acids is 1. The molecule has 2 aliphatic heterocycles. The third kappa shape index (κ3) is 3.12. The maximum absolute atomic E-state index is 12.1. The monoisotopic (exact) mass is 282 g/mol. The minimum absolute atomic E-state index is 0.0859. The summed E-state index contributed by atoms with van der Waals surface area (Å²) in [5, 5.41) is 12.0. The van der Waals surface area contributed by atoms with Crippen LogP contribution in [-0.4, -0.2) is 53.8 Å². The van der Waals surface area contributed by atoms with E-state index in [2.05, 4.69) is 11.9 Å². The smallest absolute Gasteiger partial charge is 0.318 e. The predicted molar refractivity (Wildman–Crippen MR) is 73.4 cm³/mol. The van der Waals surface area contributed by atoms with Gasteiger partial charge in [0.25, 0.3) is 0 Å². The maximum Gasteiger partial charge on any atom is 0.318 e. The first-order chi connectivity index (χ1) is 9.65. The van der Waals surface area contributed by atoms with Gasteiger partial charge in [-0.25, -0.2) is 4.79 Å². The second-order valence-electron chi connectivity index (χ2n) is 5.31. The van der Waals surface area contributed by atoms with E-state index in [1.165, 1.54) is 0 Å². The SMILES string of the molecule is C=CCCOCCNC(=O)N1C2CCC1C(C(=O)O)C2. The van der Waals surface area contributed by atoms with Crippen molar-refractivity contribution >= 4 is 12.0 Å².